The molecule has 22 heavy (non-hydrogen) atoms. The number of carbonyl (C=O) groups is 2. The van der Waals surface area contributed by atoms with Gasteiger partial charge in [0.1, 0.15) is 0 Å². The molecule has 1 aromatic rings. The van der Waals surface area contributed by atoms with Gasteiger partial charge in [-0.05, 0) is 24.5 Å². The maximum atomic E-state index is 12.7. The molecule has 2 rings (SSSR count). The monoisotopic (exact) mass is 325 g/mol. The molecule has 4 N–H and O–H groups in total. The topological polar surface area (TPSA) is 84.2 Å². The Kier molecular flexibility index (Phi) is 6.38. The number of hydrogen-bond donors (Lipinski definition) is 3. The largest absolute Gasteiger partial charge is 0.349 e. The van der Waals surface area contributed by atoms with E-state index in [-0.39, 0.29) is 36.2 Å². The summed E-state index contributed by atoms with van der Waals surface area (Å²) in [5.41, 5.74) is 7.04. The van der Waals surface area contributed by atoms with Crippen LogP contribution in [-0.2, 0) is 9.59 Å². The SMILES string of the molecule is CCC(CC)(CN)NC(=O)C1CC(=O)Nc2ccccc21.Cl. The highest BCUT2D eigenvalue weighted by molar-refractivity contribution is 6.01. The highest BCUT2D eigenvalue weighted by atomic mass is 35.5. The van der Waals surface area contributed by atoms with Crippen LogP contribution in [0.2, 0.25) is 0 Å². The first-order valence-electron chi connectivity index (χ1n) is 7.46. The highest BCUT2D eigenvalue weighted by Gasteiger charge is 2.34. The molecule has 6 heteroatoms. The number of nitrogens with two attached hydrogens (primary N) is 1. The third kappa shape index (κ3) is 3.59. The quantitative estimate of drug-likeness (QED) is 0.775. The molecule has 1 heterocycles. The number of nitrogens with one attached hydrogen (secondary N) is 2. The minimum atomic E-state index is -0.445. The van der Waals surface area contributed by atoms with Crippen LogP contribution in [0.25, 0.3) is 0 Å². The number of para-hydroxylation sites is 1. The van der Waals surface area contributed by atoms with Gasteiger partial charge in [-0.3, -0.25) is 9.59 Å². The average Bonchev–Trinajstić information content (AvgIpc) is 2.51. The first-order valence-corrected chi connectivity index (χ1v) is 7.46. The van der Waals surface area contributed by atoms with E-state index < -0.39 is 5.92 Å². The van der Waals surface area contributed by atoms with Crippen molar-refractivity contribution in [3.05, 3.63) is 29.8 Å². The highest BCUT2D eigenvalue weighted by Crippen LogP contribution is 2.32. The van der Waals surface area contributed by atoms with Crippen molar-refractivity contribution < 1.29 is 9.59 Å². The van der Waals surface area contributed by atoms with Gasteiger partial charge in [0.25, 0.3) is 0 Å². The molecule has 122 valence electrons. The van der Waals surface area contributed by atoms with Crippen molar-refractivity contribution >= 4 is 29.9 Å². The predicted octanol–water partition coefficient (Wildman–Crippen LogP) is 2.17. The van der Waals surface area contributed by atoms with Crippen molar-refractivity contribution in [2.24, 2.45) is 5.73 Å². The number of rotatable bonds is 5. The molecule has 1 aliphatic rings. The molecule has 1 aromatic carbocycles. The van der Waals surface area contributed by atoms with Crippen molar-refractivity contribution in [3.63, 3.8) is 0 Å². The van der Waals surface area contributed by atoms with Gasteiger partial charge in [0.2, 0.25) is 11.8 Å². The van der Waals surface area contributed by atoms with Crippen molar-refractivity contribution in [1.29, 1.82) is 0 Å². The van der Waals surface area contributed by atoms with E-state index in [1.54, 1.807) is 0 Å². The Labute approximate surface area is 137 Å². The number of amides is 2. The number of anilines is 1. The molecule has 0 fully saturated rings. The molecular weight excluding hydrogens is 302 g/mol. The molecule has 0 bridgehead atoms. The summed E-state index contributed by atoms with van der Waals surface area (Å²) >= 11 is 0. The molecule has 1 atom stereocenters. The lowest BCUT2D eigenvalue weighted by Crippen LogP contribution is -2.54. The van der Waals surface area contributed by atoms with E-state index in [1.807, 2.05) is 38.1 Å². The second-order valence-electron chi connectivity index (χ2n) is 5.57. The maximum Gasteiger partial charge on any atom is 0.228 e. The fraction of sp³-hybridized carbons (Fsp3) is 0.500. The summed E-state index contributed by atoms with van der Waals surface area (Å²) in [4.78, 5) is 24.5. The summed E-state index contributed by atoms with van der Waals surface area (Å²) < 4.78 is 0. The summed E-state index contributed by atoms with van der Waals surface area (Å²) in [5.74, 6) is -0.689. The molecule has 0 saturated carbocycles. The van der Waals surface area contributed by atoms with Gasteiger partial charge in [-0.1, -0.05) is 32.0 Å². The van der Waals surface area contributed by atoms with Gasteiger partial charge in [0, 0.05) is 18.7 Å². The fourth-order valence-electron chi connectivity index (χ4n) is 2.76. The number of benzene rings is 1. The second-order valence-corrected chi connectivity index (χ2v) is 5.57. The minimum Gasteiger partial charge on any atom is -0.349 e. The zero-order valence-electron chi connectivity index (χ0n) is 13.0. The first kappa shape index (κ1) is 18.5. The lowest BCUT2D eigenvalue weighted by molar-refractivity contribution is -0.127. The van der Waals surface area contributed by atoms with Crippen LogP contribution in [-0.4, -0.2) is 23.9 Å². The molecule has 0 radical (unpaired) electrons. The van der Waals surface area contributed by atoms with Gasteiger partial charge < -0.3 is 16.4 Å². The smallest absolute Gasteiger partial charge is 0.228 e. The molecule has 0 aliphatic carbocycles. The van der Waals surface area contributed by atoms with E-state index in [0.29, 0.717) is 6.54 Å². The van der Waals surface area contributed by atoms with Crippen LogP contribution in [0.1, 0.15) is 44.6 Å². The molecule has 2 amide bonds. The van der Waals surface area contributed by atoms with Crippen molar-refractivity contribution in [2.75, 3.05) is 11.9 Å². The van der Waals surface area contributed by atoms with Gasteiger partial charge in [0.15, 0.2) is 0 Å². The predicted molar refractivity (Wildman–Crippen MR) is 90.2 cm³/mol. The van der Waals surface area contributed by atoms with Gasteiger partial charge in [-0.15, -0.1) is 12.4 Å². The Morgan fingerprint density at radius 1 is 1.36 bits per heavy atom. The zero-order chi connectivity index (χ0) is 15.5. The number of fused-ring (bicyclic) bond motifs is 1. The third-order valence-electron chi connectivity index (χ3n) is 4.45. The Hall–Kier alpha value is -1.59. The molecular formula is C16H24ClN3O2. The van der Waals surface area contributed by atoms with Crippen molar-refractivity contribution in [2.45, 2.75) is 44.6 Å². The van der Waals surface area contributed by atoms with Crippen LogP contribution >= 0.6 is 12.4 Å². The first-order chi connectivity index (χ1) is 10.0. The normalized spacial score (nSPS) is 17.0. The number of hydrogen-bond acceptors (Lipinski definition) is 3. The van der Waals surface area contributed by atoms with E-state index in [4.69, 9.17) is 5.73 Å². The second kappa shape index (κ2) is 7.61. The zero-order valence-corrected chi connectivity index (χ0v) is 13.8. The molecule has 0 spiro atoms. The van der Waals surface area contributed by atoms with Gasteiger partial charge in [0.05, 0.1) is 11.5 Å². The van der Waals surface area contributed by atoms with E-state index >= 15 is 0 Å². The summed E-state index contributed by atoms with van der Waals surface area (Å²) in [6, 6.07) is 7.44. The van der Waals surface area contributed by atoms with Gasteiger partial charge >= 0.3 is 0 Å². The maximum absolute atomic E-state index is 12.7. The number of carbonyl (C=O) groups excluding carboxylic acids is 2. The van der Waals surface area contributed by atoms with Crippen molar-refractivity contribution in [1.82, 2.24) is 5.32 Å². The Morgan fingerprint density at radius 3 is 2.59 bits per heavy atom. The molecule has 0 saturated heterocycles. The van der Waals surface area contributed by atoms with E-state index in [9.17, 15) is 9.59 Å². The van der Waals surface area contributed by atoms with Gasteiger partial charge in [-0.25, -0.2) is 0 Å². The van der Waals surface area contributed by atoms with E-state index in [0.717, 1.165) is 24.1 Å². The summed E-state index contributed by atoms with van der Waals surface area (Å²) in [7, 11) is 0. The fourth-order valence-corrected chi connectivity index (χ4v) is 2.76. The van der Waals surface area contributed by atoms with Crippen molar-refractivity contribution in [3.8, 4) is 0 Å². The average molecular weight is 326 g/mol. The third-order valence-corrected chi connectivity index (χ3v) is 4.45. The molecule has 0 aromatic heterocycles. The summed E-state index contributed by atoms with van der Waals surface area (Å²) in [6.07, 6.45) is 1.72. The molecule has 5 nitrogen and oxygen atoms in total. The Balaban J connectivity index is 0.00000242. The van der Waals surface area contributed by atoms with E-state index in [2.05, 4.69) is 10.6 Å². The Bertz CT molecular complexity index is 536. The molecule has 1 unspecified atom stereocenters. The number of halogens is 1. The van der Waals surface area contributed by atoms with Crippen LogP contribution in [0, 0.1) is 0 Å². The van der Waals surface area contributed by atoms with Crippen LogP contribution in [0.15, 0.2) is 24.3 Å². The van der Waals surface area contributed by atoms with E-state index in [1.165, 1.54) is 0 Å². The summed E-state index contributed by atoms with van der Waals surface area (Å²) in [6.45, 7) is 4.42. The lowest BCUT2D eigenvalue weighted by Gasteiger charge is -2.34. The summed E-state index contributed by atoms with van der Waals surface area (Å²) in [5, 5.41) is 5.87. The van der Waals surface area contributed by atoms with Crippen LogP contribution in [0.3, 0.4) is 0 Å². The van der Waals surface area contributed by atoms with Crippen LogP contribution in [0.5, 0.6) is 0 Å². The molecule has 1 aliphatic heterocycles. The van der Waals surface area contributed by atoms with Crippen LogP contribution in [0.4, 0.5) is 5.69 Å². The standard InChI is InChI=1S/C16H23N3O2.ClH/c1-3-16(4-2,10-17)19-15(21)12-9-14(20)18-13-8-6-5-7-11(12)13;/h5-8,12H,3-4,9-10,17H2,1-2H3,(H,18,20)(H,19,21);1H. The van der Waals surface area contributed by atoms with Crippen LogP contribution < -0.4 is 16.4 Å². The minimum absolute atomic E-state index is 0. The lowest BCUT2D eigenvalue weighted by atomic mass is 9.87. The Morgan fingerprint density at radius 2 is 2.00 bits per heavy atom. The van der Waals surface area contributed by atoms with Gasteiger partial charge in [-0.2, -0.15) is 0 Å².